The fraction of sp³-hybridized carbons (Fsp3) is 0.429. The van der Waals surface area contributed by atoms with Gasteiger partial charge in [-0.3, -0.25) is 29.4 Å². The lowest BCUT2D eigenvalue weighted by Gasteiger charge is -2.53. The molecule has 2 aromatic heterocycles. The number of rotatable bonds is 10. The van der Waals surface area contributed by atoms with Crippen molar-refractivity contribution in [2.75, 3.05) is 26.2 Å². The number of esters is 2. The molecule has 15 rings (SSSR count). The van der Waals surface area contributed by atoms with Crippen LogP contribution in [-0.2, 0) is 19.1 Å². The second-order valence-corrected chi connectivity index (χ2v) is 19.8. The molecule has 6 fully saturated rings. The summed E-state index contributed by atoms with van der Waals surface area (Å²) in [5.74, 6) is -0.509. The molecule has 3 aliphatic carbocycles. The van der Waals surface area contributed by atoms with Gasteiger partial charge in [0.15, 0.2) is 0 Å². The number of ether oxygens (including phenoxy) is 2. The predicted molar refractivity (Wildman–Crippen MR) is 248 cm³/mol. The summed E-state index contributed by atoms with van der Waals surface area (Å²) < 4.78 is 14.4. The maximum Gasteiger partial charge on any atom is 0.311 e. The highest BCUT2D eigenvalue weighted by Gasteiger charge is 2.58. The Balaban J connectivity index is 0.977. The third kappa shape index (κ3) is 6.45. The Labute approximate surface area is 376 Å². The maximum atomic E-state index is 15.9. The molecule has 6 saturated heterocycles. The molecule has 6 aliphatic heterocycles. The molecular weight excluding hydrogens is 793 g/mol. The third-order valence-corrected chi connectivity index (χ3v) is 17.1. The number of fused-ring (bicyclic) bond motifs is 9. The van der Waals surface area contributed by atoms with Crippen LogP contribution in [0, 0.1) is 35.5 Å². The zero-order valence-corrected chi connectivity index (χ0v) is 37.0. The van der Waals surface area contributed by atoms with Crippen LogP contribution < -0.4 is 0 Å². The summed E-state index contributed by atoms with van der Waals surface area (Å²) >= 11 is 0. The maximum absolute atomic E-state index is 15.9. The summed E-state index contributed by atoms with van der Waals surface area (Å²) in [6.07, 6.45) is 9.25. The fourth-order valence-electron chi connectivity index (χ4n) is 14.0. The van der Waals surface area contributed by atoms with E-state index in [0.29, 0.717) is 23.7 Å². The third-order valence-electron chi connectivity index (χ3n) is 17.1. The van der Waals surface area contributed by atoms with Gasteiger partial charge in [-0.1, -0.05) is 112 Å². The van der Waals surface area contributed by atoms with E-state index in [0.717, 1.165) is 107 Å². The van der Waals surface area contributed by atoms with Gasteiger partial charge in [-0.05, 0) is 109 Å². The summed E-state index contributed by atoms with van der Waals surface area (Å²) in [7, 11) is 0. The lowest BCUT2D eigenvalue weighted by molar-refractivity contribution is -0.177. The number of pyridine rings is 2. The Hall–Kier alpha value is -5.44. The summed E-state index contributed by atoms with van der Waals surface area (Å²) in [5.41, 5.74) is 8.16. The molecule has 6 aromatic rings. The van der Waals surface area contributed by atoms with E-state index in [9.17, 15) is 0 Å². The summed E-state index contributed by atoms with van der Waals surface area (Å²) in [6.45, 7) is 8.63. The molecule has 8 unspecified atom stereocenters. The Morgan fingerprint density at radius 3 is 1.33 bits per heavy atom. The highest BCUT2D eigenvalue weighted by Crippen LogP contribution is 2.60. The molecule has 0 saturated carbocycles. The first-order valence-corrected chi connectivity index (χ1v) is 24.2. The van der Waals surface area contributed by atoms with Gasteiger partial charge in [-0.2, -0.15) is 0 Å². The molecule has 0 amide bonds. The zero-order chi connectivity index (χ0) is 43.1. The molecule has 8 heteroatoms. The van der Waals surface area contributed by atoms with Crippen LogP contribution in [0.15, 0.2) is 122 Å². The number of hydrogen-bond donors (Lipinski definition) is 0. The first-order valence-electron chi connectivity index (χ1n) is 24.2. The largest absolute Gasteiger partial charge is 0.456 e. The van der Waals surface area contributed by atoms with Crippen LogP contribution in [-0.4, -0.2) is 70.0 Å². The van der Waals surface area contributed by atoms with Gasteiger partial charge in [0.25, 0.3) is 0 Å². The lowest BCUT2D eigenvalue weighted by Crippen LogP contribution is -2.56. The summed E-state index contributed by atoms with van der Waals surface area (Å²) in [5, 5.41) is 2.01. The highest BCUT2D eigenvalue weighted by molar-refractivity contribution is 5.89. The average molecular weight is 851 g/mol. The minimum atomic E-state index is -0.792. The SMILES string of the molecule is CCC1CN2CCC1C[C@@H]2[C@@H](OC(=O)C1C2c3ccccc3C(c3ccccc32)C1C(=O)O[C@@H](c1ccnc2ccccc12)[C@H]1CC2CCN1CC2CC)c1ccnc2ccccc12. The van der Waals surface area contributed by atoms with Crippen molar-refractivity contribution in [3.8, 4) is 0 Å². The van der Waals surface area contributed by atoms with Crippen molar-refractivity contribution >= 4 is 33.7 Å². The second-order valence-electron chi connectivity index (χ2n) is 19.8. The normalized spacial score (nSPS) is 31.8. The number of carbonyl (C=O) groups excluding carboxylic acids is 2. The van der Waals surface area contributed by atoms with Crippen LogP contribution in [0.4, 0.5) is 0 Å². The molecular formula is C56H58N4O4. The van der Waals surface area contributed by atoms with Gasteiger partial charge in [0.2, 0.25) is 0 Å². The Bertz CT molecular complexity index is 2510. The first-order chi connectivity index (χ1) is 31.5. The van der Waals surface area contributed by atoms with Gasteiger partial charge in [0, 0.05) is 59.2 Å². The van der Waals surface area contributed by atoms with Crippen molar-refractivity contribution in [3.63, 3.8) is 0 Å². The van der Waals surface area contributed by atoms with E-state index in [4.69, 9.17) is 19.4 Å². The fourth-order valence-corrected chi connectivity index (χ4v) is 14.0. The van der Waals surface area contributed by atoms with Gasteiger partial charge >= 0.3 is 11.9 Å². The Morgan fingerprint density at radius 1 is 0.562 bits per heavy atom. The van der Waals surface area contributed by atoms with E-state index in [1.807, 2.05) is 48.8 Å². The molecule has 6 bridgehead atoms. The van der Waals surface area contributed by atoms with Crippen LogP contribution in [0.25, 0.3) is 21.8 Å². The van der Waals surface area contributed by atoms with Crippen molar-refractivity contribution in [2.24, 2.45) is 35.5 Å². The molecule has 4 aromatic carbocycles. The predicted octanol–water partition coefficient (Wildman–Crippen LogP) is 10.4. The number of hydrogen-bond acceptors (Lipinski definition) is 8. The average Bonchev–Trinajstić information content (AvgIpc) is 3.36. The lowest BCUT2D eigenvalue weighted by atomic mass is 9.54. The van der Waals surface area contributed by atoms with Crippen LogP contribution in [0.3, 0.4) is 0 Å². The van der Waals surface area contributed by atoms with Crippen molar-refractivity contribution in [2.45, 2.75) is 88.5 Å². The van der Waals surface area contributed by atoms with E-state index < -0.39 is 24.0 Å². The number of benzene rings is 4. The van der Waals surface area contributed by atoms with E-state index in [2.05, 4.69) is 96.4 Å². The molecule has 12 atom stereocenters. The van der Waals surface area contributed by atoms with Crippen molar-refractivity contribution in [3.05, 3.63) is 155 Å². The minimum absolute atomic E-state index is 0.0223. The van der Waals surface area contributed by atoms with Gasteiger partial charge in [0.05, 0.1) is 35.0 Å². The molecule has 0 radical (unpaired) electrons. The van der Waals surface area contributed by atoms with Crippen LogP contribution >= 0.6 is 0 Å². The van der Waals surface area contributed by atoms with Crippen LogP contribution in [0.5, 0.6) is 0 Å². The topological polar surface area (TPSA) is 84.9 Å². The summed E-state index contributed by atoms with van der Waals surface area (Å²) in [6, 6.07) is 37.5. The van der Waals surface area contributed by atoms with Crippen molar-refractivity contribution in [1.29, 1.82) is 0 Å². The molecule has 64 heavy (non-hydrogen) atoms. The second kappa shape index (κ2) is 16.2. The molecule has 326 valence electrons. The monoisotopic (exact) mass is 850 g/mol. The smallest absolute Gasteiger partial charge is 0.311 e. The number of carbonyl (C=O) groups is 2. The number of para-hydroxylation sites is 2. The first kappa shape index (κ1) is 40.1. The Kier molecular flexibility index (Phi) is 10.2. The van der Waals surface area contributed by atoms with E-state index in [1.165, 1.54) is 12.8 Å². The molecule has 9 aliphatic rings. The van der Waals surface area contributed by atoms with Crippen LogP contribution in [0.2, 0.25) is 0 Å². The number of nitrogens with zero attached hydrogens (tertiary/aromatic N) is 4. The minimum Gasteiger partial charge on any atom is -0.456 e. The molecule has 8 nitrogen and oxygen atoms in total. The Morgan fingerprint density at radius 2 is 0.953 bits per heavy atom. The van der Waals surface area contributed by atoms with Crippen LogP contribution in [0.1, 0.15) is 110 Å². The zero-order valence-electron chi connectivity index (χ0n) is 37.0. The standard InChI is InChI=1S/C56H58N4O4/c1-3-33-31-59-27-23-35(33)29-47(59)53(43-21-25-57-45-19-11-9-13-37(43)45)63-55(61)51-49-39-15-5-7-17-41(39)50(42-18-8-6-16-40(42)49)52(51)56(62)64-54(44-22-26-58-46-20-12-10-14-38(44)46)48-30-36-24-28-60(48)32-34(36)4-2/h5-22,25-26,33-36,47-54H,3-4,23-24,27-32H2,1-2H3/t33?,34?,35?,36?,47-,48-,49?,50?,51?,52?,53+,54+/m1/s1. The molecule has 8 heterocycles. The quantitative estimate of drug-likeness (QED) is 0.126. The van der Waals surface area contributed by atoms with Gasteiger partial charge in [0.1, 0.15) is 12.2 Å². The number of piperidine rings is 6. The molecule has 0 spiro atoms. The van der Waals surface area contributed by atoms with E-state index in [1.54, 1.807) is 0 Å². The summed E-state index contributed by atoms with van der Waals surface area (Å²) in [4.78, 5) is 46.5. The van der Waals surface area contributed by atoms with Gasteiger partial charge < -0.3 is 9.47 Å². The van der Waals surface area contributed by atoms with E-state index >= 15 is 9.59 Å². The van der Waals surface area contributed by atoms with E-state index in [-0.39, 0.29) is 35.9 Å². The highest BCUT2D eigenvalue weighted by atomic mass is 16.6. The molecule has 0 N–H and O–H groups in total. The number of aromatic nitrogens is 2. The van der Waals surface area contributed by atoms with Crippen molar-refractivity contribution in [1.82, 2.24) is 19.8 Å². The van der Waals surface area contributed by atoms with Crippen molar-refractivity contribution < 1.29 is 19.1 Å². The van der Waals surface area contributed by atoms with Gasteiger partial charge in [-0.15, -0.1) is 0 Å². The van der Waals surface area contributed by atoms with Gasteiger partial charge in [-0.25, -0.2) is 0 Å².